The molecule has 0 spiro atoms. The predicted octanol–water partition coefficient (Wildman–Crippen LogP) is 4.46. The maximum Gasteiger partial charge on any atom is 0.321 e. The van der Waals surface area contributed by atoms with Gasteiger partial charge >= 0.3 is 6.01 Å². The molecule has 1 aliphatic rings. The Bertz CT molecular complexity index is 946. The number of pyridine rings is 1. The van der Waals surface area contributed by atoms with Gasteiger partial charge in [0.15, 0.2) is 23.2 Å². The van der Waals surface area contributed by atoms with Crippen molar-refractivity contribution in [2.24, 2.45) is 0 Å². The molecule has 2 aromatic heterocycles. The fourth-order valence-corrected chi connectivity index (χ4v) is 2.96. The molecule has 132 valence electrons. The zero-order chi connectivity index (χ0) is 18.1. The zero-order valence-electron chi connectivity index (χ0n) is 13.8. The van der Waals surface area contributed by atoms with Crippen molar-refractivity contribution in [1.29, 1.82) is 0 Å². The number of hydrogen-bond donors (Lipinski definition) is 1. The van der Waals surface area contributed by atoms with Gasteiger partial charge in [-0.25, -0.2) is 23.7 Å². The summed E-state index contributed by atoms with van der Waals surface area (Å²) in [4.78, 5) is 11.8. The Balaban J connectivity index is 1.81. The lowest BCUT2D eigenvalue weighted by Gasteiger charge is -2.28. The minimum absolute atomic E-state index is 0.0609. The van der Waals surface area contributed by atoms with Gasteiger partial charge in [-0.05, 0) is 30.9 Å². The predicted molar refractivity (Wildman–Crippen MR) is 92.7 cm³/mol. The molecule has 7 heteroatoms. The van der Waals surface area contributed by atoms with Gasteiger partial charge in [-0.1, -0.05) is 18.6 Å². The summed E-state index contributed by atoms with van der Waals surface area (Å²) in [5.74, 6) is -1.20. The van der Waals surface area contributed by atoms with E-state index in [2.05, 4.69) is 15.0 Å². The maximum atomic E-state index is 15.3. The van der Waals surface area contributed by atoms with Crippen LogP contribution in [-0.2, 0) is 0 Å². The van der Waals surface area contributed by atoms with Gasteiger partial charge in [-0.2, -0.15) is 0 Å². The lowest BCUT2D eigenvalue weighted by Crippen LogP contribution is -2.11. The number of benzene rings is 1. The Hall–Kier alpha value is -3.09. The van der Waals surface area contributed by atoms with Gasteiger partial charge in [0.25, 0.3) is 0 Å². The van der Waals surface area contributed by atoms with Crippen molar-refractivity contribution in [2.75, 3.05) is 5.73 Å². The van der Waals surface area contributed by atoms with E-state index in [0.717, 1.165) is 30.9 Å². The minimum atomic E-state index is -0.696. The normalized spacial score (nSPS) is 14.1. The number of nitrogens with two attached hydrogens (primary N) is 1. The first kappa shape index (κ1) is 16.4. The monoisotopic (exact) mass is 354 g/mol. The van der Waals surface area contributed by atoms with Crippen LogP contribution >= 0.6 is 0 Å². The van der Waals surface area contributed by atoms with Gasteiger partial charge in [0.05, 0.1) is 0 Å². The van der Waals surface area contributed by atoms with Crippen molar-refractivity contribution >= 4 is 5.82 Å². The van der Waals surface area contributed by atoms with E-state index >= 15 is 4.39 Å². The first-order valence-electron chi connectivity index (χ1n) is 8.32. The van der Waals surface area contributed by atoms with Crippen molar-refractivity contribution in [2.45, 2.75) is 25.2 Å². The number of anilines is 1. The molecule has 3 aromatic rings. The lowest BCUT2D eigenvalue weighted by molar-refractivity contribution is 0.371. The van der Waals surface area contributed by atoms with Crippen LogP contribution < -0.4 is 10.5 Å². The molecule has 5 nitrogen and oxygen atoms in total. The molecule has 0 atom stereocenters. The van der Waals surface area contributed by atoms with Crippen LogP contribution in [0.4, 0.5) is 14.6 Å². The maximum absolute atomic E-state index is 15.3. The molecule has 0 radical (unpaired) electrons. The smallest absolute Gasteiger partial charge is 0.321 e. The van der Waals surface area contributed by atoms with Gasteiger partial charge < -0.3 is 10.5 Å². The Morgan fingerprint density at radius 1 is 1.08 bits per heavy atom. The summed E-state index contributed by atoms with van der Waals surface area (Å²) in [6, 6.07) is 6.30. The van der Waals surface area contributed by atoms with Crippen LogP contribution in [0.5, 0.6) is 11.8 Å². The number of hydrogen-bond acceptors (Lipinski definition) is 5. The number of ether oxygens (including phenoxy) is 1. The third kappa shape index (κ3) is 2.96. The van der Waals surface area contributed by atoms with Crippen LogP contribution in [0.15, 0.2) is 42.9 Å². The topological polar surface area (TPSA) is 73.9 Å². The number of aromatic nitrogens is 3. The Labute approximate surface area is 148 Å². The molecule has 0 bridgehead atoms. The largest absolute Gasteiger partial charge is 0.421 e. The van der Waals surface area contributed by atoms with Crippen LogP contribution in [0, 0.1) is 11.6 Å². The Morgan fingerprint density at radius 3 is 2.50 bits per heavy atom. The standard InChI is InChI=1S/C19H16F2N4O/c20-15-9-12(10-25-18(15)22)13-5-6-14(11-3-1-4-11)17(16(13)21)26-19-23-7-2-8-24-19/h2,5-11H,1,3-4H2,(H2,22,25). The molecule has 0 amide bonds. The molecule has 1 saturated carbocycles. The second kappa shape index (κ2) is 6.67. The summed E-state index contributed by atoms with van der Waals surface area (Å²) in [5, 5.41) is 0. The van der Waals surface area contributed by atoms with Crippen molar-refractivity contribution in [3.05, 3.63) is 60.1 Å². The van der Waals surface area contributed by atoms with Gasteiger partial charge in [-0.15, -0.1) is 0 Å². The molecular weight excluding hydrogens is 338 g/mol. The number of nitrogen functional groups attached to an aromatic ring is 1. The molecule has 1 aromatic carbocycles. The second-order valence-electron chi connectivity index (χ2n) is 6.20. The van der Waals surface area contributed by atoms with E-state index in [-0.39, 0.29) is 34.6 Å². The minimum Gasteiger partial charge on any atom is -0.421 e. The van der Waals surface area contributed by atoms with Crippen LogP contribution in [0.2, 0.25) is 0 Å². The second-order valence-corrected chi connectivity index (χ2v) is 6.20. The molecule has 1 aliphatic carbocycles. The molecule has 0 aliphatic heterocycles. The average molecular weight is 354 g/mol. The van der Waals surface area contributed by atoms with E-state index in [1.165, 1.54) is 18.6 Å². The van der Waals surface area contributed by atoms with Gasteiger partial charge in [-0.3, -0.25) is 0 Å². The van der Waals surface area contributed by atoms with E-state index in [1.807, 2.05) is 6.07 Å². The van der Waals surface area contributed by atoms with E-state index in [0.29, 0.717) is 0 Å². The molecule has 0 saturated heterocycles. The summed E-state index contributed by atoms with van der Waals surface area (Å²) in [6.07, 6.45) is 7.43. The van der Waals surface area contributed by atoms with Crippen molar-refractivity contribution in [3.8, 4) is 22.9 Å². The van der Waals surface area contributed by atoms with Gasteiger partial charge in [0, 0.05) is 35.3 Å². The summed E-state index contributed by atoms with van der Waals surface area (Å²) < 4.78 is 34.7. The highest BCUT2D eigenvalue weighted by Gasteiger charge is 2.27. The summed E-state index contributed by atoms with van der Waals surface area (Å²) in [5.41, 5.74) is 6.65. The average Bonchev–Trinajstić information content (AvgIpc) is 2.60. The van der Waals surface area contributed by atoms with Crippen molar-refractivity contribution in [3.63, 3.8) is 0 Å². The molecule has 1 fully saturated rings. The van der Waals surface area contributed by atoms with E-state index in [4.69, 9.17) is 10.5 Å². The van der Waals surface area contributed by atoms with Crippen LogP contribution in [0.1, 0.15) is 30.7 Å². The highest BCUT2D eigenvalue weighted by atomic mass is 19.1. The van der Waals surface area contributed by atoms with Crippen LogP contribution in [0.3, 0.4) is 0 Å². The highest BCUT2D eigenvalue weighted by molar-refractivity contribution is 5.68. The summed E-state index contributed by atoms with van der Waals surface area (Å²) in [6.45, 7) is 0. The highest BCUT2D eigenvalue weighted by Crippen LogP contribution is 2.44. The van der Waals surface area contributed by atoms with Gasteiger partial charge in [0.1, 0.15) is 0 Å². The van der Waals surface area contributed by atoms with Crippen LogP contribution in [-0.4, -0.2) is 15.0 Å². The van der Waals surface area contributed by atoms with E-state index in [9.17, 15) is 4.39 Å². The van der Waals surface area contributed by atoms with Crippen molar-refractivity contribution in [1.82, 2.24) is 15.0 Å². The van der Waals surface area contributed by atoms with Crippen molar-refractivity contribution < 1.29 is 13.5 Å². The number of halogens is 2. The lowest BCUT2D eigenvalue weighted by atomic mass is 9.79. The summed E-state index contributed by atoms with van der Waals surface area (Å²) >= 11 is 0. The zero-order valence-corrected chi connectivity index (χ0v) is 13.8. The van der Waals surface area contributed by atoms with E-state index in [1.54, 1.807) is 12.1 Å². The van der Waals surface area contributed by atoms with E-state index < -0.39 is 11.6 Å². The molecular formula is C19H16F2N4O. The first-order valence-corrected chi connectivity index (χ1v) is 8.32. The molecule has 2 heterocycles. The molecule has 2 N–H and O–H groups in total. The number of rotatable bonds is 4. The quantitative estimate of drug-likeness (QED) is 0.749. The van der Waals surface area contributed by atoms with Gasteiger partial charge in [0.2, 0.25) is 0 Å². The molecule has 4 rings (SSSR count). The Morgan fingerprint density at radius 2 is 1.85 bits per heavy atom. The number of nitrogens with zero attached hydrogens (tertiary/aromatic N) is 3. The molecule has 26 heavy (non-hydrogen) atoms. The van der Waals surface area contributed by atoms with Crippen LogP contribution in [0.25, 0.3) is 11.1 Å². The fraction of sp³-hybridized carbons (Fsp3) is 0.211. The SMILES string of the molecule is Nc1ncc(-c2ccc(C3CCC3)c(Oc3ncccn3)c2F)cc1F. The summed E-state index contributed by atoms with van der Waals surface area (Å²) in [7, 11) is 0. The third-order valence-electron chi connectivity index (χ3n) is 4.59. The molecule has 0 unspecified atom stereocenters. The third-order valence-corrected chi connectivity index (χ3v) is 4.59. The first-order chi connectivity index (χ1) is 12.6. The fourth-order valence-electron chi connectivity index (χ4n) is 2.96. The Kier molecular flexibility index (Phi) is 4.20.